The van der Waals surface area contributed by atoms with Crippen LogP contribution in [-0.2, 0) is 17.1 Å². The molecule has 128 valence electrons. The maximum atomic E-state index is 12.7. The van der Waals surface area contributed by atoms with E-state index in [1.54, 1.807) is 13.1 Å². The van der Waals surface area contributed by atoms with Crippen molar-refractivity contribution in [1.29, 1.82) is 0 Å². The highest BCUT2D eigenvalue weighted by atomic mass is 35.5. The zero-order valence-corrected chi connectivity index (χ0v) is 14.6. The first-order valence-corrected chi connectivity index (χ1v) is 8.62. The molecule has 0 spiro atoms. The molecule has 0 bridgehead atoms. The summed E-state index contributed by atoms with van der Waals surface area (Å²) in [5.41, 5.74) is 0.873. The minimum atomic E-state index is -3.55. The summed E-state index contributed by atoms with van der Waals surface area (Å²) in [4.78, 5) is 11.7. The van der Waals surface area contributed by atoms with E-state index in [1.807, 2.05) is 7.05 Å². The molecule has 0 amide bonds. The van der Waals surface area contributed by atoms with Gasteiger partial charge in [-0.1, -0.05) is 0 Å². The van der Waals surface area contributed by atoms with Crippen LogP contribution in [0.5, 0.6) is 0 Å². The molecule has 9 heteroatoms. The number of hydrogen-bond donors (Lipinski definition) is 1. The Morgan fingerprint density at radius 1 is 1.39 bits per heavy atom. The van der Waals surface area contributed by atoms with Crippen molar-refractivity contribution in [3.05, 3.63) is 28.7 Å². The van der Waals surface area contributed by atoms with Crippen LogP contribution in [0.1, 0.15) is 6.42 Å². The van der Waals surface area contributed by atoms with E-state index in [1.165, 1.54) is 21.0 Å². The number of rotatable bonds is 4. The molecule has 1 aliphatic rings. The van der Waals surface area contributed by atoms with Gasteiger partial charge in [-0.15, -0.1) is 12.4 Å². The zero-order valence-electron chi connectivity index (χ0n) is 13.0. The van der Waals surface area contributed by atoms with E-state index in [4.69, 9.17) is 4.42 Å². The third-order valence-electron chi connectivity index (χ3n) is 4.14. The average molecular weight is 362 g/mol. The SMILES string of the molecule is CNCC1CCN(S(=O)(=O)c2ccc3c(c2)oc(=O)n3C)C1.Cl. The van der Waals surface area contributed by atoms with Crippen LogP contribution in [0.4, 0.5) is 0 Å². The summed E-state index contributed by atoms with van der Waals surface area (Å²) in [5.74, 6) is -0.169. The van der Waals surface area contributed by atoms with Crippen LogP contribution < -0.4 is 11.1 Å². The van der Waals surface area contributed by atoms with Crippen LogP contribution in [0.25, 0.3) is 11.1 Å². The van der Waals surface area contributed by atoms with Gasteiger partial charge in [0.05, 0.1) is 10.4 Å². The molecule has 2 heterocycles. The van der Waals surface area contributed by atoms with Crippen LogP contribution in [0.15, 0.2) is 32.3 Å². The lowest BCUT2D eigenvalue weighted by molar-refractivity contribution is 0.451. The molecule has 1 N–H and O–H groups in total. The quantitative estimate of drug-likeness (QED) is 0.870. The maximum Gasteiger partial charge on any atom is 0.419 e. The first kappa shape index (κ1) is 18.0. The monoisotopic (exact) mass is 361 g/mol. The number of nitrogens with one attached hydrogen (secondary N) is 1. The Balaban J connectivity index is 0.00000192. The van der Waals surface area contributed by atoms with Crippen molar-refractivity contribution in [2.75, 3.05) is 26.7 Å². The molecular weight excluding hydrogens is 342 g/mol. The molecule has 7 nitrogen and oxygen atoms in total. The van der Waals surface area contributed by atoms with E-state index in [9.17, 15) is 13.2 Å². The Morgan fingerprint density at radius 3 is 2.83 bits per heavy atom. The maximum absolute atomic E-state index is 12.7. The topological polar surface area (TPSA) is 84.6 Å². The first-order chi connectivity index (χ1) is 10.4. The van der Waals surface area contributed by atoms with Gasteiger partial charge in [-0.25, -0.2) is 13.2 Å². The fourth-order valence-corrected chi connectivity index (χ4v) is 4.44. The molecule has 1 saturated heterocycles. The van der Waals surface area contributed by atoms with Gasteiger partial charge in [-0.3, -0.25) is 4.57 Å². The summed E-state index contributed by atoms with van der Waals surface area (Å²) in [7, 11) is -0.0987. The van der Waals surface area contributed by atoms with Gasteiger partial charge in [0.25, 0.3) is 0 Å². The van der Waals surface area contributed by atoms with Gasteiger partial charge >= 0.3 is 5.76 Å². The van der Waals surface area contributed by atoms with E-state index in [0.717, 1.165) is 13.0 Å². The number of nitrogens with zero attached hydrogens (tertiary/aromatic N) is 2. The zero-order chi connectivity index (χ0) is 15.9. The second-order valence-electron chi connectivity index (χ2n) is 5.63. The molecule has 23 heavy (non-hydrogen) atoms. The lowest BCUT2D eigenvalue weighted by Crippen LogP contribution is -2.30. The highest BCUT2D eigenvalue weighted by Gasteiger charge is 2.32. The fraction of sp³-hybridized carbons (Fsp3) is 0.500. The molecule has 1 aromatic heterocycles. The van der Waals surface area contributed by atoms with Crippen molar-refractivity contribution >= 4 is 33.5 Å². The molecule has 1 fully saturated rings. The standard InChI is InChI=1S/C14H19N3O4S.ClH/c1-15-8-10-5-6-17(9-10)22(19,20)11-3-4-12-13(7-11)21-14(18)16(12)2;/h3-4,7,10,15H,5-6,8-9H2,1-2H3;1H. The number of sulfonamides is 1. The van der Waals surface area contributed by atoms with Crippen molar-refractivity contribution in [3.63, 3.8) is 0 Å². The first-order valence-electron chi connectivity index (χ1n) is 7.18. The summed E-state index contributed by atoms with van der Waals surface area (Å²) < 4.78 is 33.3. The molecule has 1 aromatic carbocycles. The Kier molecular flexibility index (Phi) is 5.20. The minimum absolute atomic E-state index is 0. The van der Waals surface area contributed by atoms with Crippen molar-refractivity contribution in [1.82, 2.24) is 14.2 Å². The summed E-state index contributed by atoms with van der Waals surface area (Å²) >= 11 is 0. The van der Waals surface area contributed by atoms with Crippen LogP contribution in [0, 0.1) is 5.92 Å². The molecule has 3 rings (SSSR count). The Hall–Kier alpha value is -1.35. The van der Waals surface area contributed by atoms with Gasteiger partial charge in [0.2, 0.25) is 10.0 Å². The Morgan fingerprint density at radius 2 is 2.13 bits per heavy atom. The van der Waals surface area contributed by atoms with E-state index >= 15 is 0 Å². The van der Waals surface area contributed by atoms with E-state index in [0.29, 0.717) is 30.1 Å². The number of halogens is 1. The highest BCUT2D eigenvalue weighted by molar-refractivity contribution is 7.89. The summed E-state index contributed by atoms with van der Waals surface area (Å²) in [5, 5.41) is 3.08. The second-order valence-corrected chi connectivity index (χ2v) is 7.57. The molecule has 2 aromatic rings. The van der Waals surface area contributed by atoms with E-state index < -0.39 is 15.8 Å². The van der Waals surface area contributed by atoms with Crippen LogP contribution in [-0.4, -0.2) is 44.0 Å². The van der Waals surface area contributed by atoms with Gasteiger partial charge < -0.3 is 9.73 Å². The lowest BCUT2D eigenvalue weighted by atomic mass is 10.1. The van der Waals surface area contributed by atoms with E-state index in [-0.39, 0.29) is 17.3 Å². The van der Waals surface area contributed by atoms with E-state index in [2.05, 4.69) is 5.32 Å². The largest absolute Gasteiger partial charge is 0.419 e. The Labute approximate surface area is 140 Å². The van der Waals surface area contributed by atoms with Crippen molar-refractivity contribution < 1.29 is 12.8 Å². The summed E-state index contributed by atoms with van der Waals surface area (Å²) in [6.07, 6.45) is 0.850. The number of hydrogen-bond acceptors (Lipinski definition) is 5. The molecule has 1 atom stereocenters. The fourth-order valence-electron chi connectivity index (χ4n) is 2.89. The van der Waals surface area contributed by atoms with Gasteiger partial charge in [0, 0.05) is 26.2 Å². The lowest BCUT2D eigenvalue weighted by Gasteiger charge is -2.16. The normalized spacial score (nSPS) is 19.1. The molecule has 1 aliphatic heterocycles. The highest BCUT2D eigenvalue weighted by Crippen LogP contribution is 2.26. The third-order valence-corrected chi connectivity index (χ3v) is 6.00. The molecule has 0 aliphatic carbocycles. The minimum Gasteiger partial charge on any atom is -0.408 e. The number of aryl methyl sites for hydroxylation is 1. The second kappa shape index (κ2) is 6.64. The van der Waals surface area contributed by atoms with Crippen LogP contribution in [0.2, 0.25) is 0 Å². The third kappa shape index (κ3) is 3.16. The number of fused-ring (bicyclic) bond motifs is 1. The van der Waals surface area contributed by atoms with Gasteiger partial charge in [-0.05, 0) is 38.1 Å². The van der Waals surface area contributed by atoms with Gasteiger partial charge in [-0.2, -0.15) is 4.31 Å². The number of oxazole rings is 1. The van der Waals surface area contributed by atoms with Gasteiger partial charge in [0.1, 0.15) is 0 Å². The number of benzene rings is 1. The molecule has 0 saturated carbocycles. The summed E-state index contributed by atoms with van der Waals surface area (Å²) in [6, 6.07) is 4.56. The van der Waals surface area contributed by atoms with Gasteiger partial charge in [0.15, 0.2) is 5.58 Å². The smallest absolute Gasteiger partial charge is 0.408 e. The van der Waals surface area contributed by atoms with Crippen LogP contribution in [0.3, 0.4) is 0 Å². The Bertz CT molecular complexity index is 859. The molecule has 1 unspecified atom stereocenters. The predicted octanol–water partition coefficient (Wildman–Crippen LogP) is 0.783. The van der Waals surface area contributed by atoms with Crippen LogP contribution >= 0.6 is 12.4 Å². The summed E-state index contributed by atoms with van der Waals surface area (Å²) in [6.45, 7) is 1.84. The van der Waals surface area contributed by atoms with Crippen molar-refractivity contribution in [2.45, 2.75) is 11.3 Å². The molecule has 0 radical (unpaired) electrons. The van der Waals surface area contributed by atoms with Crippen molar-refractivity contribution in [2.24, 2.45) is 13.0 Å². The number of aromatic nitrogens is 1. The average Bonchev–Trinajstić information content (AvgIpc) is 3.06. The predicted molar refractivity (Wildman–Crippen MR) is 89.5 cm³/mol. The molecular formula is C14H20ClN3O4S. The van der Waals surface area contributed by atoms with Crippen molar-refractivity contribution in [3.8, 4) is 0 Å².